The summed E-state index contributed by atoms with van der Waals surface area (Å²) in [5.41, 5.74) is 1.49. The Hall–Kier alpha value is -1.50. The zero-order chi connectivity index (χ0) is 15.4. The maximum atomic E-state index is 12.1. The third kappa shape index (κ3) is 4.03. The van der Waals surface area contributed by atoms with Crippen molar-refractivity contribution in [3.8, 4) is 0 Å². The van der Waals surface area contributed by atoms with Crippen LogP contribution in [0.2, 0.25) is 5.15 Å². The summed E-state index contributed by atoms with van der Waals surface area (Å²) >= 11 is 7.24. The second kappa shape index (κ2) is 7.17. The van der Waals surface area contributed by atoms with Crippen LogP contribution in [0.4, 0.5) is 5.13 Å². The van der Waals surface area contributed by atoms with E-state index < -0.39 is 0 Å². The van der Waals surface area contributed by atoms with Crippen molar-refractivity contribution in [2.45, 2.75) is 25.8 Å². The van der Waals surface area contributed by atoms with Crippen LogP contribution in [0, 0.1) is 0 Å². The fourth-order valence-corrected chi connectivity index (χ4v) is 3.37. The van der Waals surface area contributed by atoms with E-state index in [0.29, 0.717) is 15.8 Å². The van der Waals surface area contributed by atoms with Crippen LogP contribution in [0.15, 0.2) is 23.7 Å². The molecule has 1 fully saturated rings. The van der Waals surface area contributed by atoms with E-state index in [1.54, 1.807) is 12.1 Å². The van der Waals surface area contributed by atoms with Gasteiger partial charge in [-0.2, -0.15) is 0 Å². The second-order valence-corrected chi connectivity index (χ2v) is 6.55. The summed E-state index contributed by atoms with van der Waals surface area (Å²) in [6.45, 7) is 3.12. The number of hydrogen-bond acceptors (Lipinski definition) is 5. The number of pyridine rings is 1. The number of nitrogens with one attached hydrogen (secondary N) is 1. The summed E-state index contributed by atoms with van der Waals surface area (Å²) in [5, 5.41) is 5.73. The van der Waals surface area contributed by atoms with Gasteiger partial charge in [0.25, 0.3) is 5.91 Å². The van der Waals surface area contributed by atoms with Gasteiger partial charge in [0.1, 0.15) is 5.15 Å². The van der Waals surface area contributed by atoms with Crippen molar-refractivity contribution in [1.29, 1.82) is 0 Å². The van der Waals surface area contributed by atoms with Crippen LogP contribution in [-0.2, 0) is 6.54 Å². The van der Waals surface area contributed by atoms with Gasteiger partial charge in [-0.3, -0.25) is 15.0 Å². The number of aromatic nitrogens is 2. The van der Waals surface area contributed by atoms with Crippen LogP contribution in [0.1, 0.15) is 35.3 Å². The number of hydrogen-bond donors (Lipinski definition) is 1. The van der Waals surface area contributed by atoms with Crippen LogP contribution in [0.5, 0.6) is 0 Å². The zero-order valence-corrected chi connectivity index (χ0v) is 13.7. The average Bonchev–Trinajstić information content (AvgIpc) is 2.95. The first-order valence-electron chi connectivity index (χ1n) is 7.30. The molecule has 0 bridgehead atoms. The third-order valence-electron chi connectivity index (χ3n) is 3.60. The van der Waals surface area contributed by atoms with Crippen LogP contribution in [0.25, 0.3) is 0 Å². The Morgan fingerprint density at radius 3 is 2.95 bits per heavy atom. The van der Waals surface area contributed by atoms with E-state index in [1.165, 1.54) is 36.8 Å². The predicted molar refractivity (Wildman–Crippen MR) is 88.4 cm³/mol. The van der Waals surface area contributed by atoms with Gasteiger partial charge in [-0.25, -0.2) is 9.97 Å². The molecule has 5 nitrogen and oxygen atoms in total. The van der Waals surface area contributed by atoms with E-state index >= 15 is 0 Å². The first kappa shape index (κ1) is 15.4. The van der Waals surface area contributed by atoms with Crippen LogP contribution in [0.3, 0.4) is 0 Å². The molecule has 1 aliphatic heterocycles. The fraction of sp³-hybridized carbons (Fsp3) is 0.400. The second-order valence-electron chi connectivity index (χ2n) is 5.30. The number of thiazole rings is 1. The molecule has 0 saturated carbocycles. The Kier molecular flexibility index (Phi) is 5.02. The molecule has 0 spiro atoms. The van der Waals surface area contributed by atoms with E-state index in [9.17, 15) is 4.79 Å². The molecule has 22 heavy (non-hydrogen) atoms. The quantitative estimate of drug-likeness (QED) is 0.869. The molecule has 1 aliphatic rings. The summed E-state index contributed by atoms with van der Waals surface area (Å²) in [7, 11) is 0. The van der Waals surface area contributed by atoms with Crippen LogP contribution in [-0.4, -0.2) is 33.9 Å². The van der Waals surface area contributed by atoms with Gasteiger partial charge in [0, 0.05) is 23.7 Å². The van der Waals surface area contributed by atoms with Gasteiger partial charge in [0.2, 0.25) is 0 Å². The summed E-state index contributed by atoms with van der Waals surface area (Å²) in [5.74, 6) is -0.219. The Morgan fingerprint density at radius 2 is 2.18 bits per heavy atom. The highest BCUT2D eigenvalue weighted by atomic mass is 35.5. The number of rotatable bonds is 4. The average molecular weight is 337 g/mol. The lowest BCUT2D eigenvalue weighted by Crippen LogP contribution is -2.29. The summed E-state index contributed by atoms with van der Waals surface area (Å²) in [6, 6.07) is 3.17. The van der Waals surface area contributed by atoms with Crippen molar-refractivity contribution in [2.75, 3.05) is 18.4 Å². The van der Waals surface area contributed by atoms with Crippen molar-refractivity contribution >= 4 is 34.0 Å². The molecule has 0 atom stereocenters. The van der Waals surface area contributed by atoms with Gasteiger partial charge in [-0.1, -0.05) is 18.0 Å². The van der Waals surface area contributed by atoms with Gasteiger partial charge in [0.05, 0.1) is 5.69 Å². The SMILES string of the molecule is O=C(Nc1nc(CN2CCCCC2)cs1)c1ccnc(Cl)c1. The lowest BCUT2D eigenvalue weighted by Gasteiger charge is -2.25. The number of halogens is 1. The molecule has 3 rings (SSSR count). The van der Waals surface area contributed by atoms with Crippen molar-refractivity contribution < 1.29 is 4.79 Å². The normalized spacial score (nSPS) is 15.7. The number of amides is 1. The maximum Gasteiger partial charge on any atom is 0.257 e. The lowest BCUT2D eigenvalue weighted by atomic mass is 10.1. The number of carbonyl (C=O) groups is 1. The third-order valence-corrected chi connectivity index (χ3v) is 4.61. The molecule has 116 valence electrons. The molecule has 2 aromatic rings. The Labute approximate surface area is 138 Å². The number of likely N-dealkylation sites (tertiary alicyclic amines) is 1. The first-order valence-corrected chi connectivity index (χ1v) is 8.56. The number of carbonyl (C=O) groups excluding carboxylic acids is 1. The minimum atomic E-state index is -0.219. The summed E-state index contributed by atoms with van der Waals surface area (Å²) in [6.07, 6.45) is 5.36. The molecule has 1 N–H and O–H groups in total. The Morgan fingerprint density at radius 1 is 1.36 bits per heavy atom. The zero-order valence-electron chi connectivity index (χ0n) is 12.1. The highest BCUT2D eigenvalue weighted by molar-refractivity contribution is 7.13. The molecule has 7 heteroatoms. The fourth-order valence-electron chi connectivity index (χ4n) is 2.50. The molecular weight excluding hydrogens is 320 g/mol. The minimum absolute atomic E-state index is 0.219. The van der Waals surface area contributed by atoms with E-state index in [1.807, 2.05) is 5.38 Å². The minimum Gasteiger partial charge on any atom is -0.298 e. The predicted octanol–water partition coefficient (Wildman–Crippen LogP) is 3.43. The molecule has 1 saturated heterocycles. The summed E-state index contributed by atoms with van der Waals surface area (Å²) < 4.78 is 0. The first-order chi connectivity index (χ1) is 10.7. The Balaban J connectivity index is 1.60. The largest absolute Gasteiger partial charge is 0.298 e. The highest BCUT2D eigenvalue weighted by Gasteiger charge is 2.14. The van der Waals surface area contributed by atoms with Crippen LogP contribution >= 0.6 is 22.9 Å². The summed E-state index contributed by atoms with van der Waals surface area (Å²) in [4.78, 5) is 22.9. The molecule has 0 aliphatic carbocycles. The molecule has 1 amide bonds. The van der Waals surface area contributed by atoms with E-state index in [-0.39, 0.29) is 5.91 Å². The molecule has 2 aromatic heterocycles. The standard InChI is InChI=1S/C15H17ClN4OS/c16-13-8-11(4-5-17-13)14(21)19-15-18-12(10-22-15)9-20-6-2-1-3-7-20/h4-5,8,10H,1-3,6-7,9H2,(H,18,19,21). The Bertz CT molecular complexity index is 654. The van der Waals surface area contributed by atoms with Crippen molar-refractivity contribution in [1.82, 2.24) is 14.9 Å². The molecule has 3 heterocycles. The monoisotopic (exact) mass is 336 g/mol. The number of anilines is 1. The van der Waals surface area contributed by atoms with Gasteiger partial charge in [-0.15, -0.1) is 11.3 Å². The smallest absolute Gasteiger partial charge is 0.257 e. The van der Waals surface area contributed by atoms with E-state index in [0.717, 1.165) is 25.3 Å². The van der Waals surface area contributed by atoms with Gasteiger partial charge < -0.3 is 0 Å². The van der Waals surface area contributed by atoms with E-state index in [2.05, 4.69) is 20.2 Å². The van der Waals surface area contributed by atoms with Gasteiger partial charge >= 0.3 is 0 Å². The van der Waals surface area contributed by atoms with Crippen molar-refractivity contribution in [3.63, 3.8) is 0 Å². The molecule has 0 unspecified atom stereocenters. The number of piperidine rings is 1. The number of nitrogens with zero attached hydrogens (tertiary/aromatic N) is 3. The van der Waals surface area contributed by atoms with Crippen molar-refractivity contribution in [2.24, 2.45) is 0 Å². The highest BCUT2D eigenvalue weighted by Crippen LogP contribution is 2.19. The van der Waals surface area contributed by atoms with E-state index in [4.69, 9.17) is 11.6 Å². The van der Waals surface area contributed by atoms with Crippen molar-refractivity contribution in [3.05, 3.63) is 40.1 Å². The van der Waals surface area contributed by atoms with Gasteiger partial charge in [-0.05, 0) is 38.1 Å². The van der Waals surface area contributed by atoms with Gasteiger partial charge in [0.15, 0.2) is 5.13 Å². The molecular formula is C15H17ClN4OS. The lowest BCUT2D eigenvalue weighted by molar-refractivity contribution is 0.102. The molecule has 0 aromatic carbocycles. The molecule has 0 radical (unpaired) electrons. The topological polar surface area (TPSA) is 58.1 Å². The maximum absolute atomic E-state index is 12.1. The van der Waals surface area contributed by atoms with Crippen LogP contribution < -0.4 is 5.32 Å².